The molecule has 0 atom stereocenters. The molecule has 0 spiro atoms. The topological polar surface area (TPSA) is 9.23 Å². The van der Waals surface area contributed by atoms with E-state index in [0.717, 1.165) is 24.6 Å². The number of benzene rings is 2. The van der Waals surface area contributed by atoms with Crippen LogP contribution >= 0.6 is 0 Å². The monoisotopic (exact) mass is 392 g/mol. The summed E-state index contributed by atoms with van der Waals surface area (Å²) in [5, 5.41) is 1.42. The lowest BCUT2D eigenvalue weighted by Gasteiger charge is -2.33. The maximum atomic E-state index is 14.7. The normalized spacial score (nSPS) is 20.5. The van der Waals surface area contributed by atoms with E-state index in [1.54, 1.807) is 18.2 Å². The van der Waals surface area contributed by atoms with Crippen molar-refractivity contribution in [2.24, 2.45) is 11.8 Å². The lowest BCUT2D eigenvalue weighted by atomic mass is 9.79. The van der Waals surface area contributed by atoms with Crippen molar-refractivity contribution in [3.05, 3.63) is 41.7 Å². The SMILES string of the molecule is CCCCCC1CCC(C(F)(F)Oc2ccc3cc(CC)c(F)cc3c2)CC1. The van der Waals surface area contributed by atoms with Crippen LogP contribution in [0.4, 0.5) is 13.2 Å². The Bertz CT molecular complexity index is 779. The molecule has 1 aliphatic carbocycles. The molecule has 28 heavy (non-hydrogen) atoms. The highest BCUT2D eigenvalue weighted by molar-refractivity contribution is 5.84. The third-order valence-electron chi connectivity index (χ3n) is 6.15. The summed E-state index contributed by atoms with van der Waals surface area (Å²) in [7, 11) is 0. The molecule has 4 heteroatoms. The number of alkyl halides is 2. The van der Waals surface area contributed by atoms with Crippen LogP contribution < -0.4 is 4.74 Å². The number of aryl methyl sites for hydroxylation is 1. The van der Waals surface area contributed by atoms with Gasteiger partial charge in [-0.3, -0.25) is 0 Å². The van der Waals surface area contributed by atoms with Crippen molar-refractivity contribution < 1.29 is 17.9 Å². The highest BCUT2D eigenvalue weighted by Gasteiger charge is 2.43. The van der Waals surface area contributed by atoms with E-state index in [4.69, 9.17) is 4.74 Å². The zero-order valence-electron chi connectivity index (χ0n) is 16.9. The average molecular weight is 393 g/mol. The second-order valence-corrected chi connectivity index (χ2v) is 8.18. The minimum Gasteiger partial charge on any atom is -0.432 e. The van der Waals surface area contributed by atoms with Gasteiger partial charge in [-0.25, -0.2) is 4.39 Å². The Morgan fingerprint density at radius 2 is 1.71 bits per heavy atom. The standard InChI is InChI=1S/C24H31F3O/c1-3-5-6-7-17-8-11-21(12-9-17)24(26,27)28-22-13-10-19-14-18(4-2)23(25)16-20(19)15-22/h10,13-17,21H,3-9,11-12H2,1-2H3. The van der Waals surface area contributed by atoms with Gasteiger partial charge in [-0.15, -0.1) is 0 Å². The minimum absolute atomic E-state index is 0.103. The van der Waals surface area contributed by atoms with Crippen LogP contribution in [0.2, 0.25) is 0 Å². The van der Waals surface area contributed by atoms with Crippen molar-refractivity contribution in [1.29, 1.82) is 0 Å². The van der Waals surface area contributed by atoms with Crippen LogP contribution in [0, 0.1) is 17.7 Å². The maximum Gasteiger partial charge on any atom is 0.400 e. The van der Waals surface area contributed by atoms with E-state index in [1.807, 2.05) is 6.92 Å². The molecule has 0 amide bonds. The summed E-state index contributed by atoms with van der Waals surface area (Å²) in [6.07, 6.45) is 4.90. The first-order valence-corrected chi connectivity index (χ1v) is 10.7. The lowest BCUT2D eigenvalue weighted by molar-refractivity contribution is -0.223. The summed E-state index contributed by atoms with van der Waals surface area (Å²) in [6.45, 7) is 4.07. The first kappa shape index (κ1) is 21.0. The van der Waals surface area contributed by atoms with Gasteiger partial charge in [-0.1, -0.05) is 45.6 Å². The molecule has 1 nitrogen and oxygen atoms in total. The molecule has 0 aliphatic heterocycles. The number of halogens is 3. The quantitative estimate of drug-likeness (QED) is 0.415. The number of rotatable bonds is 8. The summed E-state index contributed by atoms with van der Waals surface area (Å²) in [6, 6.07) is 7.98. The first-order valence-electron chi connectivity index (χ1n) is 10.7. The molecule has 1 fully saturated rings. The van der Waals surface area contributed by atoms with Crippen molar-refractivity contribution in [2.75, 3.05) is 0 Å². The van der Waals surface area contributed by atoms with E-state index in [2.05, 4.69) is 6.92 Å². The Balaban J connectivity index is 1.64. The Morgan fingerprint density at radius 3 is 2.39 bits per heavy atom. The van der Waals surface area contributed by atoms with Gasteiger partial charge < -0.3 is 4.74 Å². The highest BCUT2D eigenvalue weighted by Crippen LogP contribution is 2.41. The molecule has 2 aromatic rings. The van der Waals surface area contributed by atoms with Crippen LogP contribution in [0.25, 0.3) is 10.8 Å². The molecule has 0 bridgehead atoms. The van der Waals surface area contributed by atoms with Gasteiger partial charge in [0.25, 0.3) is 0 Å². The fourth-order valence-corrected chi connectivity index (χ4v) is 4.34. The molecule has 154 valence electrons. The van der Waals surface area contributed by atoms with Gasteiger partial charge in [-0.2, -0.15) is 8.78 Å². The number of hydrogen-bond acceptors (Lipinski definition) is 1. The fraction of sp³-hybridized carbons (Fsp3) is 0.583. The van der Waals surface area contributed by atoms with Gasteiger partial charge in [0.1, 0.15) is 11.6 Å². The molecule has 0 unspecified atom stereocenters. The summed E-state index contributed by atoms with van der Waals surface area (Å²) < 4.78 is 48.6. The van der Waals surface area contributed by atoms with Crippen LogP contribution in [0.1, 0.15) is 70.8 Å². The lowest BCUT2D eigenvalue weighted by Crippen LogP contribution is -2.37. The average Bonchev–Trinajstić information content (AvgIpc) is 2.68. The summed E-state index contributed by atoms with van der Waals surface area (Å²) >= 11 is 0. The van der Waals surface area contributed by atoms with Crippen molar-refractivity contribution in [1.82, 2.24) is 0 Å². The zero-order valence-corrected chi connectivity index (χ0v) is 16.9. The molecule has 1 saturated carbocycles. The predicted octanol–water partition coefficient (Wildman–Crippen LogP) is 7.90. The molecule has 3 rings (SSSR count). The number of ether oxygens (including phenoxy) is 1. The first-order chi connectivity index (χ1) is 13.4. The Hall–Kier alpha value is -1.71. The van der Waals surface area contributed by atoms with Crippen molar-refractivity contribution >= 4 is 10.8 Å². The molecule has 0 heterocycles. The Labute approximate surface area is 166 Å². The number of hydrogen-bond donors (Lipinski definition) is 0. The van der Waals surface area contributed by atoms with E-state index in [0.29, 0.717) is 36.1 Å². The van der Waals surface area contributed by atoms with Gasteiger partial charge in [-0.05, 0) is 78.6 Å². The zero-order chi connectivity index (χ0) is 20.1. The van der Waals surface area contributed by atoms with Gasteiger partial charge in [0.2, 0.25) is 0 Å². The van der Waals surface area contributed by atoms with E-state index >= 15 is 0 Å². The van der Waals surface area contributed by atoms with Crippen LogP contribution in [-0.4, -0.2) is 6.11 Å². The molecule has 0 radical (unpaired) electrons. The molecule has 1 aliphatic rings. The number of fused-ring (bicyclic) bond motifs is 1. The molecule has 0 aromatic heterocycles. The van der Waals surface area contributed by atoms with Crippen LogP contribution in [0.15, 0.2) is 30.3 Å². The summed E-state index contributed by atoms with van der Waals surface area (Å²) in [4.78, 5) is 0. The van der Waals surface area contributed by atoms with E-state index in [-0.39, 0.29) is 11.6 Å². The smallest absolute Gasteiger partial charge is 0.400 e. The second-order valence-electron chi connectivity index (χ2n) is 8.18. The third-order valence-corrected chi connectivity index (χ3v) is 6.15. The van der Waals surface area contributed by atoms with E-state index < -0.39 is 12.0 Å². The summed E-state index contributed by atoms with van der Waals surface area (Å²) in [5.41, 5.74) is 0.627. The van der Waals surface area contributed by atoms with Gasteiger partial charge in [0.15, 0.2) is 0 Å². The Kier molecular flexibility index (Phi) is 6.90. The Morgan fingerprint density at radius 1 is 0.964 bits per heavy atom. The highest BCUT2D eigenvalue weighted by atomic mass is 19.3. The second kappa shape index (κ2) is 9.19. The maximum absolute atomic E-state index is 14.7. The predicted molar refractivity (Wildman–Crippen MR) is 108 cm³/mol. The van der Waals surface area contributed by atoms with Gasteiger partial charge >= 0.3 is 6.11 Å². The van der Waals surface area contributed by atoms with E-state index in [9.17, 15) is 13.2 Å². The summed E-state index contributed by atoms with van der Waals surface area (Å²) in [5.74, 6) is -0.369. The molecular formula is C24H31F3O. The molecule has 0 N–H and O–H groups in total. The van der Waals surface area contributed by atoms with Crippen molar-refractivity contribution in [2.45, 2.75) is 77.7 Å². The number of unbranched alkanes of at least 4 members (excludes halogenated alkanes) is 2. The van der Waals surface area contributed by atoms with Crippen molar-refractivity contribution in [3.8, 4) is 5.75 Å². The van der Waals surface area contributed by atoms with Crippen LogP contribution in [-0.2, 0) is 6.42 Å². The third kappa shape index (κ3) is 5.01. The van der Waals surface area contributed by atoms with Gasteiger partial charge in [0.05, 0.1) is 5.92 Å². The fourth-order valence-electron chi connectivity index (χ4n) is 4.34. The van der Waals surface area contributed by atoms with Crippen LogP contribution in [0.5, 0.6) is 5.75 Å². The minimum atomic E-state index is -3.19. The molecule has 0 saturated heterocycles. The van der Waals surface area contributed by atoms with Gasteiger partial charge in [0, 0.05) is 0 Å². The largest absolute Gasteiger partial charge is 0.432 e. The van der Waals surface area contributed by atoms with E-state index in [1.165, 1.54) is 31.4 Å². The van der Waals surface area contributed by atoms with Crippen LogP contribution in [0.3, 0.4) is 0 Å². The molecule has 2 aromatic carbocycles. The molecular weight excluding hydrogens is 361 g/mol. The van der Waals surface area contributed by atoms with Crippen molar-refractivity contribution in [3.63, 3.8) is 0 Å².